The first-order valence-electron chi connectivity index (χ1n) is 4.85. The highest BCUT2D eigenvalue weighted by atomic mass is 127. The lowest BCUT2D eigenvalue weighted by Crippen LogP contribution is -2.30. The number of carboxylic acid groups (broad SMARTS) is 1. The number of nitrogens with zero attached hydrogens (tertiary/aromatic N) is 2. The van der Waals surface area contributed by atoms with E-state index in [0.29, 0.717) is 18.8 Å². The number of nitrogens with one attached hydrogen (secondary N) is 1. The minimum absolute atomic E-state index is 0.0520. The zero-order valence-corrected chi connectivity index (χ0v) is 10.8. The van der Waals surface area contributed by atoms with E-state index in [1.807, 2.05) is 0 Å². The molecule has 0 aromatic carbocycles. The Balaban J connectivity index is 2.21. The van der Waals surface area contributed by atoms with Gasteiger partial charge in [-0.25, -0.2) is 9.78 Å². The number of carbonyl (C=O) groups is 1. The molecule has 0 spiro atoms. The normalized spacial score (nSPS) is 25.0. The molecule has 2 N–H and O–H groups in total. The van der Waals surface area contributed by atoms with Crippen LogP contribution in [0.3, 0.4) is 0 Å². The Hall–Kier alpha value is -0.830. The molecule has 2 rings (SSSR count). The summed E-state index contributed by atoms with van der Waals surface area (Å²) in [5.74, 6) is 0.686. The van der Waals surface area contributed by atoms with E-state index in [-0.39, 0.29) is 12.1 Å². The van der Waals surface area contributed by atoms with Crippen LogP contribution in [0.2, 0.25) is 0 Å². The van der Waals surface area contributed by atoms with Crippen LogP contribution in [-0.2, 0) is 4.74 Å². The van der Waals surface area contributed by atoms with E-state index in [9.17, 15) is 4.79 Å². The molecule has 1 aromatic rings. The predicted octanol–water partition coefficient (Wildman–Crippen LogP) is 1.45. The molecule has 0 saturated carbocycles. The Morgan fingerprint density at radius 2 is 2.56 bits per heavy atom. The second-order valence-corrected chi connectivity index (χ2v) is 4.76. The largest absolute Gasteiger partial charge is 0.465 e. The van der Waals surface area contributed by atoms with Gasteiger partial charge in [-0.1, -0.05) is 0 Å². The van der Waals surface area contributed by atoms with Crippen molar-refractivity contribution in [1.82, 2.24) is 14.9 Å². The van der Waals surface area contributed by atoms with Crippen LogP contribution in [0.4, 0.5) is 4.79 Å². The Kier molecular flexibility index (Phi) is 3.33. The molecule has 0 aliphatic carbocycles. The predicted molar refractivity (Wildman–Crippen MR) is 64.2 cm³/mol. The molecule has 2 unspecified atom stereocenters. The zero-order valence-electron chi connectivity index (χ0n) is 8.68. The van der Waals surface area contributed by atoms with Crippen molar-refractivity contribution in [3.05, 3.63) is 15.7 Å². The van der Waals surface area contributed by atoms with Gasteiger partial charge in [0.15, 0.2) is 0 Å². The summed E-state index contributed by atoms with van der Waals surface area (Å²) in [6.45, 7) is 0.397. The van der Waals surface area contributed by atoms with Crippen LogP contribution >= 0.6 is 22.6 Å². The first kappa shape index (κ1) is 11.6. The van der Waals surface area contributed by atoms with Crippen LogP contribution < -0.4 is 0 Å². The zero-order chi connectivity index (χ0) is 11.7. The van der Waals surface area contributed by atoms with Crippen molar-refractivity contribution in [2.75, 3.05) is 13.7 Å². The minimum atomic E-state index is -0.934. The van der Waals surface area contributed by atoms with Gasteiger partial charge < -0.3 is 14.8 Å². The fraction of sp³-hybridized carbons (Fsp3) is 0.556. The summed E-state index contributed by atoms with van der Waals surface area (Å²) in [5, 5.41) is 9.09. The van der Waals surface area contributed by atoms with Gasteiger partial charge in [-0.3, -0.25) is 4.90 Å². The van der Waals surface area contributed by atoms with Crippen molar-refractivity contribution in [2.24, 2.45) is 0 Å². The molecule has 1 fully saturated rings. The van der Waals surface area contributed by atoms with Gasteiger partial charge in [0, 0.05) is 19.7 Å². The number of rotatable bonds is 2. The Morgan fingerprint density at radius 3 is 3.06 bits per heavy atom. The second-order valence-electron chi connectivity index (χ2n) is 3.65. The molecule has 6 nitrogen and oxygen atoms in total. The number of hydrogen-bond donors (Lipinski definition) is 2. The maximum atomic E-state index is 11.1. The van der Waals surface area contributed by atoms with E-state index >= 15 is 0 Å². The molecule has 0 bridgehead atoms. The topological polar surface area (TPSA) is 78.5 Å². The lowest BCUT2D eigenvalue weighted by atomic mass is 10.2. The first-order chi connectivity index (χ1) is 7.61. The van der Waals surface area contributed by atoms with Crippen LogP contribution in [0.25, 0.3) is 0 Å². The van der Waals surface area contributed by atoms with Crippen molar-refractivity contribution in [3.8, 4) is 0 Å². The van der Waals surface area contributed by atoms with E-state index in [1.54, 1.807) is 13.3 Å². The van der Waals surface area contributed by atoms with Gasteiger partial charge in [0.25, 0.3) is 0 Å². The summed E-state index contributed by atoms with van der Waals surface area (Å²) in [7, 11) is 1.60. The van der Waals surface area contributed by atoms with Crippen molar-refractivity contribution >= 4 is 28.7 Å². The van der Waals surface area contributed by atoms with Crippen molar-refractivity contribution < 1.29 is 14.6 Å². The monoisotopic (exact) mass is 337 g/mol. The molecule has 1 aliphatic rings. The van der Waals surface area contributed by atoms with Gasteiger partial charge >= 0.3 is 6.09 Å². The quantitative estimate of drug-likeness (QED) is 0.801. The van der Waals surface area contributed by atoms with E-state index in [1.165, 1.54) is 4.90 Å². The summed E-state index contributed by atoms with van der Waals surface area (Å²) in [6.07, 6.45) is 1.42. The molecular weight excluding hydrogens is 325 g/mol. The van der Waals surface area contributed by atoms with Gasteiger partial charge in [-0.2, -0.15) is 0 Å². The Bertz CT molecular complexity index is 395. The third-order valence-electron chi connectivity index (χ3n) is 2.72. The SMILES string of the molecule is COC1CC(c2nc(I)c[nH]2)N(C(=O)O)C1. The van der Waals surface area contributed by atoms with Crippen LogP contribution in [-0.4, -0.2) is 45.8 Å². The van der Waals surface area contributed by atoms with Gasteiger partial charge in [0.05, 0.1) is 18.7 Å². The average Bonchev–Trinajstić information content (AvgIpc) is 2.82. The van der Waals surface area contributed by atoms with Gasteiger partial charge in [-0.05, 0) is 22.6 Å². The molecule has 1 aliphatic heterocycles. The number of hydrogen-bond acceptors (Lipinski definition) is 3. The summed E-state index contributed by atoms with van der Waals surface area (Å²) < 4.78 is 6.03. The maximum Gasteiger partial charge on any atom is 0.408 e. The number of amides is 1. The molecule has 88 valence electrons. The highest BCUT2D eigenvalue weighted by molar-refractivity contribution is 14.1. The second kappa shape index (κ2) is 4.58. The standard InChI is InChI=1S/C9H12IN3O3/c1-16-5-2-6(13(4-5)9(14)15)8-11-3-7(10)12-8/h3,5-6H,2,4H2,1H3,(H,11,12)(H,14,15). The molecule has 16 heavy (non-hydrogen) atoms. The molecule has 7 heteroatoms. The Labute approximate surface area is 106 Å². The van der Waals surface area contributed by atoms with Gasteiger partial charge in [-0.15, -0.1) is 0 Å². The average molecular weight is 337 g/mol. The van der Waals surface area contributed by atoms with Crippen molar-refractivity contribution in [2.45, 2.75) is 18.6 Å². The van der Waals surface area contributed by atoms with Crippen molar-refractivity contribution in [3.63, 3.8) is 0 Å². The Morgan fingerprint density at radius 1 is 1.81 bits per heavy atom. The van der Waals surface area contributed by atoms with Gasteiger partial charge in [0.2, 0.25) is 0 Å². The van der Waals surface area contributed by atoms with E-state index in [0.717, 1.165) is 3.70 Å². The van der Waals surface area contributed by atoms with Crippen LogP contribution in [0.1, 0.15) is 18.3 Å². The van der Waals surface area contributed by atoms with Crippen LogP contribution in [0.5, 0.6) is 0 Å². The number of methoxy groups -OCH3 is 1. The molecular formula is C9H12IN3O3. The summed E-state index contributed by atoms with van der Waals surface area (Å²) in [6, 6.07) is -0.231. The highest BCUT2D eigenvalue weighted by Gasteiger charge is 2.37. The third-order valence-corrected chi connectivity index (χ3v) is 3.28. The maximum absolute atomic E-state index is 11.1. The summed E-state index contributed by atoms with van der Waals surface area (Å²) >= 11 is 2.09. The first-order valence-corrected chi connectivity index (χ1v) is 5.93. The number of likely N-dealkylation sites (tertiary alicyclic amines) is 1. The highest BCUT2D eigenvalue weighted by Crippen LogP contribution is 2.31. The summed E-state index contributed by atoms with van der Waals surface area (Å²) in [4.78, 5) is 19.7. The molecule has 2 heterocycles. The summed E-state index contributed by atoms with van der Waals surface area (Å²) in [5.41, 5.74) is 0. The van der Waals surface area contributed by atoms with Gasteiger partial charge in [0.1, 0.15) is 9.53 Å². The number of aromatic nitrogens is 2. The minimum Gasteiger partial charge on any atom is -0.465 e. The molecule has 2 atom stereocenters. The van der Waals surface area contributed by atoms with Crippen molar-refractivity contribution in [1.29, 1.82) is 0 Å². The molecule has 1 aromatic heterocycles. The molecule has 0 radical (unpaired) electrons. The number of aromatic amines is 1. The van der Waals surface area contributed by atoms with E-state index < -0.39 is 6.09 Å². The fourth-order valence-corrected chi connectivity index (χ4v) is 2.34. The molecule has 1 amide bonds. The molecule has 1 saturated heterocycles. The van der Waals surface area contributed by atoms with Crippen LogP contribution in [0.15, 0.2) is 6.20 Å². The lowest BCUT2D eigenvalue weighted by molar-refractivity contribution is 0.102. The number of ether oxygens (including phenoxy) is 1. The number of imidazole rings is 1. The third kappa shape index (κ3) is 2.14. The van der Waals surface area contributed by atoms with Crippen LogP contribution in [0, 0.1) is 3.70 Å². The smallest absolute Gasteiger partial charge is 0.408 e. The number of halogens is 1. The van der Waals surface area contributed by atoms with E-state index in [2.05, 4.69) is 32.6 Å². The lowest BCUT2D eigenvalue weighted by Gasteiger charge is -2.18. The fourth-order valence-electron chi connectivity index (χ4n) is 1.92. The van der Waals surface area contributed by atoms with E-state index in [4.69, 9.17) is 9.84 Å². The number of H-pyrrole nitrogens is 1.